The van der Waals surface area contributed by atoms with Crippen molar-refractivity contribution in [3.8, 4) is 0 Å². The molecule has 0 saturated carbocycles. The van der Waals surface area contributed by atoms with Crippen molar-refractivity contribution in [2.45, 2.75) is 33.2 Å². The molecule has 0 aromatic heterocycles. The van der Waals surface area contributed by atoms with E-state index in [2.05, 4.69) is 5.32 Å². The van der Waals surface area contributed by atoms with E-state index < -0.39 is 5.54 Å². The van der Waals surface area contributed by atoms with Crippen LogP contribution in [0.5, 0.6) is 0 Å². The lowest BCUT2D eigenvalue weighted by molar-refractivity contribution is 0.236. The van der Waals surface area contributed by atoms with Gasteiger partial charge in [0.2, 0.25) is 0 Å². The topological polar surface area (TPSA) is 32.3 Å². The first-order valence-corrected chi connectivity index (χ1v) is 7.76. The number of hydrogen-bond acceptors (Lipinski definition) is 1. The van der Waals surface area contributed by atoms with Gasteiger partial charge in [-0.15, -0.1) is 0 Å². The molecule has 4 heteroatoms. The van der Waals surface area contributed by atoms with Gasteiger partial charge < -0.3 is 5.32 Å². The minimum absolute atomic E-state index is 0.174. The number of benzene rings is 2. The highest BCUT2D eigenvalue weighted by Crippen LogP contribution is 2.22. The second-order valence-electron chi connectivity index (χ2n) is 6.15. The van der Waals surface area contributed by atoms with Gasteiger partial charge >= 0.3 is 6.03 Å². The van der Waals surface area contributed by atoms with Crippen LogP contribution in [-0.4, -0.2) is 12.6 Å². The third-order valence-corrected chi connectivity index (χ3v) is 3.86. The number of carbonyl (C=O) groups excluding carboxylic acids is 1. The summed E-state index contributed by atoms with van der Waals surface area (Å²) in [6, 6.07) is 13.9. The zero-order valence-electron chi connectivity index (χ0n) is 14.1. The highest BCUT2D eigenvalue weighted by molar-refractivity contribution is 5.92. The molecule has 2 aromatic carbocycles. The maximum atomic E-state index is 13.1. The summed E-state index contributed by atoms with van der Waals surface area (Å²) < 4.78 is 13.1. The smallest absolute Gasteiger partial charge is 0.322 e. The summed E-state index contributed by atoms with van der Waals surface area (Å²) in [6.07, 6.45) is 0. The van der Waals surface area contributed by atoms with Crippen molar-refractivity contribution in [2.24, 2.45) is 0 Å². The molecule has 2 rings (SSSR count). The van der Waals surface area contributed by atoms with Crippen LogP contribution in [0.4, 0.5) is 14.9 Å². The van der Waals surface area contributed by atoms with E-state index in [9.17, 15) is 9.18 Å². The van der Waals surface area contributed by atoms with Crippen LogP contribution in [0.1, 0.15) is 31.9 Å². The monoisotopic (exact) mass is 314 g/mol. The summed E-state index contributed by atoms with van der Waals surface area (Å²) in [4.78, 5) is 14.4. The van der Waals surface area contributed by atoms with Crippen LogP contribution in [0, 0.1) is 12.7 Å². The third-order valence-electron chi connectivity index (χ3n) is 3.86. The number of aryl methyl sites for hydroxylation is 1. The van der Waals surface area contributed by atoms with Crippen molar-refractivity contribution in [1.29, 1.82) is 0 Å². The predicted molar refractivity (Wildman–Crippen MR) is 92.2 cm³/mol. The van der Waals surface area contributed by atoms with Crippen LogP contribution in [0.25, 0.3) is 0 Å². The summed E-state index contributed by atoms with van der Waals surface area (Å²) in [7, 11) is 0. The van der Waals surface area contributed by atoms with Gasteiger partial charge in [-0.25, -0.2) is 9.18 Å². The first-order valence-electron chi connectivity index (χ1n) is 7.76. The Labute approximate surface area is 137 Å². The molecule has 0 saturated heterocycles. The van der Waals surface area contributed by atoms with Crippen molar-refractivity contribution < 1.29 is 9.18 Å². The average Bonchev–Trinajstić information content (AvgIpc) is 2.48. The largest absolute Gasteiger partial charge is 0.329 e. The molecule has 0 heterocycles. The summed E-state index contributed by atoms with van der Waals surface area (Å²) >= 11 is 0. The highest BCUT2D eigenvalue weighted by Gasteiger charge is 2.25. The SMILES string of the molecule is CCN(C(=O)NC(C)(C)c1ccc(F)cc1)c1cccc(C)c1. The number of amides is 2. The van der Waals surface area contributed by atoms with Gasteiger partial charge in [0, 0.05) is 12.2 Å². The fourth-order valence-electron chi connectivity index (χ4n) is 2.51. The van der Waals surface area contributed by atoms with Crippen molar-refractivity contribution in [3.05, 3.63) is 65.5 Å². The Morgan fingerprint density at radius 3 is 2.39 bits per heavy atom. The van der Waals surface area contributed by atoms with Crippen molar-refractivity contribution >= 4 is 11.7 Å². The summed E-state index contributed by atoms with van der Waals surface area (Å²) in [5.74, 6) is -0.286. The first kappa shape index (κ1) is 17.0. The molecule has 0 atom stereocenters. The fraction of sp³-hybridized carbons (Fsp3) is 0.316. The average molecular weight is 314 g/mol. The zero-order chi connectivity index (χ0) is 17.0. The predicted octanol–water partition coefficient (Wildman–Crippen LogP) is 4.61. The lowest BCUT2D eigenvalue weighted by Gasteiger charge is -2.31. The number of urea groups is 1. The Balaban J connectivity index is 2.20. The maximum absolute atomic E-state index is 13.1. The van der Waals surface area contributed by atoms with E-state index in [1.165, 1.54) is 12.1 Å². The molecule has 122 valence electrons. The quantitative estimate of drug-likeness (QED) is 0.878. The van der Waals surface area contributed by atoms with Crippen LogP contribution in [0.15, 0.2) is 48.5 Å². The number of nitrogens with zero attached hydrogens (tertiary/aromatic N) is 1. The van der Waals surface area contributed by atoms with Crippen LogP contribution in [0.3, 0.4) is 0 Å². The van der Waals surface area contributed by atoms with E-state index >= 15 is 0 Å². The zero-order valence-corrected chi connectivity index (χ0v) is 14.1. The Morgan fingerprint density at radius 2 is 1.83 bits per heavy atom. The molecule has 0 aliphatic rings. The lowest BCUT2D eigenvalue weighted by atomic mass is 9.94. The Kier molecular flexibility index (Phi) is 5.04. The van der Waals surface area contributed by atoms with Gasteiger partial charge in [-0.05, 0) is 63.1 Å². The van der Waals surface area contributed by atoms with Gasteiger partial charge in [-0.1, -0.05) is 24.3 Å². The molecule has 0 spiro atoms. The van der Waals surface area contributed by atoms with E-state index in [1.54, 1.807) is 17.0 Å². The van der Waals surface area contributed by atoms with Crippen LogP contribution in [0.2, 0.25) is 0 Å². The summed E-state index contributed by atoms with van der Waals surface area (Å²) in [6.45, 7) is 8.31. The Hall–Kier alpha value is -2.36. The first-order chi connectivity index (χ1) is 10.8. The highest BCUT2D eigenvalue weighted by atomic mass is 19.1. The molecular formula is C19H23FN2O. The molecule has 2 aromatic rings. The lowest BCUT2D eigenvalue weighted by Crippen LogP contribution is -2.48. The van der Waals surface area contributed by atoms with Gasteiger partial charge in [0.25, 0.3) is 0 Å². The van der Waals surface area contributed by atoms with Crippen molar-refractivity contribution in [3.63, 3.8) is 0 Å². The molecule has 0 aliphatic carbocycles. The van der Waals surface area contributed by atoms with Gasteiger partial charge in [-0.2, -0.15) is 0 Å². The standard InChI is InChI=1S/C19H23FN2O/c1-5-22(17-8-6-7-14(2)13-17)18(23)21-19(3,4)15-9-11-16(20)12-10-15/h6-13H,5H2,1-4H3,(H,21,23). The number of nitrogens with one attached hydrogen (secondary N) is 1. The van der Waals surface area contributed by atoms with Gasteiger partial charge in [0.15, 0.2) is 0 Å². The van der Waals surface area contributed by atoms with Gasteiger partial charge in [0.05, 0.1) is 5.54 Å². The minimum Gasteiger partial charge on any atom is -0.329 e. The second-order valence-corrected chi connectivity index (χ2v) is 6.15. The van der Waals surface area contributed by atoms with Gasteiger partial charge in [-0.3, -0.25) is 4.90 Å². The number of anilines is 1. The molecule has 3 nitrogen and oxygen atoms in total. The number of halogens is 1. The maximum Gasteiger partial charge on any atom is 0.322 e. The Morgan fingerprint density at radius 1 is 1.17 bits per heavy atom. The van der Waals surface area contributed by atoms with Crippen LogP contribution < -0.4 is 10.2 Å². The number of rotatable bonds is 4. The van der Waals surface area contributed by atoms with E-state index in [4.69, 9.17) is 0 Å². The van der Waals surface area contributed by atoms with E-state index in [0.29, 0.717) is 6.54 Å². The Bertz CT molecular complexity index is 680. The molecule has 0 unspecified atom stereocenters. The molecule has 2 amide bonds. The van der Waals surface area contributed by atoms with Gasteiger partial charge in [0.1, 0.15) is 5.82 Å². The fourth-order valence-corrected chi connectivity index (χ4v) is 2.51. The van der Waals surface area contributed by atoms with Crippen LogP contribution >= 0.6 is 0 Å². The molecule has 23 heavy (non-hydrogen) atoms. The number of carbonyl (C=O) groups is 1. The van der Waals surface area contributed by atoms with E-state index in [1.807, 2.05) is 52.0 Å². The van der Waals surface area contributed by atoms with E-state index in [0.717, 1.165) is 16.8 Å². The molecule has 1 N–H and O–H groups in total. The molecule has 0 radical (unpaired) electrons. The third kappa shape index (κ3) is 4.09. The molecule has 0 bridgehead atoms. The molecule has 0 fully saturated rings. The normalized spacial score (nSPS) is 11.2. The van der Waals surface area contributed by atoms with Crippen molar-refractivity contribution in [1.82, 2.24) is 5.32 Å². The second kappa shape index (κ2) is 6.82. The summed E-state index contributed by atoms with van der Waals surface area (Å²) in [5.41, 5.74) is 2.22. The van der Waals surface area contributed by atoms with Crippen LogP contribution in [-0.2, 0) is 5.54 Å². The molecular weight excluding hydrogens is 291 g/mol. The molecule has 0 aliphatic heterocycles. The van der Waals surface area contributed by atoms with Crippen molar-refractivity contribution in [2.75, 3.05) is 11.4 Å². The number of hydrogen-bond donors (Lipinski definition) is 1. The minimum atomic E-state index is -0.595. The van der Waals surface area contributed by atoms with E-state index in [-0.39, 0.29) is 11.8 Å². The summed E-state index contributed by atoms with van der Waals surface area (Å²) in [5, 5.41) is 3.03.